The zero-order chi connectivity index (χ0) is 14.2. The van der Waals surface area contributed by atoms with Crippen LogP contribution in [-0.2, 0) is 13.0 Å². The molecule has 3 heteroatoms. The third-order valence-electron chi connectivity index (χ3n) is 3.29. The van der Waals surface area contributed by atoms with E-state index in [1.165, 1.54) is 31.2 Å². The minimum atomic E-state index is 0.752. The van der Waals surface area contributed by atoms with Crippen molar-refractivity contribution in [1.82, 2.24) is 4.98 Å². The molecule has 2 aromatic rings. The molecule has 1 aromatic heterocycles. The first-order valence-electron chi connectivity index (χ1n) is 7.21. The summed E-state index contributed by atoms with van der Waals surface area (Å²) in [5, 5.41) is 3.40. The maximum atomic E-state index is 4.35. The van der Waals surface area contributed by atoms with Crippen molar-refractivity contribution in [2.24, 2.45) is 0 Å². The van der Waals surface area contributed by atoms with Crippen LogP contribution in [0.1, 0.15) is 37.4 Å². The summed E-state index contributed by atoms with van der Waals surface area (Å²) in [6.07, 6.45) is 6.89. The molecule has 0 spiro atoms. The summed E-state index contributed by atoms with van der Waals surface area (Å²) >= 11 is 3.39. The largest absolute Gasteiger partial charge is 0.379 e. The predicted molar refractivity (Wildman–Crippen MR) is 88.9 cm³/mol. The van der Waals surface area contributed by atoms with Gasteiger partial charge in [-0.25, -0.2) is 0 Å². The quantitative estimate of drug-likeness (QED) is 0.706. The van der Waals surface area contributed by atoms with Gasteiger partial charge in [0.25, 0.3) is 0 Å². The lowest BCUT2D eigenvalue weighted by atomic mass is 10.1. The lowest BCUT2D eigenvalue weighted by Gasteiger charge is -2.07. The fourth-order valence-electron chi connectivity index (χ4n) is 2.07. The number of aryl methyl sites for hydroxylation is 1. The Morgan fingerprint density at radius 1 is 1.05 bits per heavy atom. The van der Waals surface area contributed by atoms with Crippen LogP contribution < -0.4 is 5.32 Å². The van der Waals surface area contributed by atoms with Crippen molar-refractivity contribution in [1.29, 1.82) is 0 Å². The minimum Gasteiger partial charge on any atom is -0.379 e. The van der Waals surface area contributed by atoms with Crippen LogP contribution in [0.15, 0.2) is 47.1 Å². The number of hydrogen-bond acceptors (Lipinski definition) is 2. The van der Waals surface area contributed by atoms with Crippen molar-refractivity contribution < 1.29 is 0 Å². The van der Waals surface area contributed by atoms with Crippen molar-refractivity contribution in [3.63, 3.8) is 0 Å². The number of anilines is 1. The van der Waals surface area contributed by atoms with Gasteiger partial charge in [-0.05, 0) is 58.6 Å². The van der Waals surface area contributed by atoms with Crippen LogP contribution in [0.4, 0.5) is 5.69 Å². The monoisotopic (exact) mass is 332 g/mol. The van der Waals surface area contributed by atoms with Gasteiger partial charge < -0.3 is 5.32 Å². The first-order valence-corrected chi connectivity index (χ1v) is 8.00. The molecule has 2 nitrogen and oxygen atoms in total. The minimum absolute atomic E-state index is 0.752. The number of hydrogen-bond donors (Lipinski definition) is 1. The van der Waals surface area contributed by atoms with E-state index < -0.39 is 0 Å². The second-order valence-electron chi connectivity index (χ2n) is 4.98. The topological polar surface area (TPSA) is 24.9 Å². The maximum Gasteiger partial charge on any atom is 0.0595 e. The average Bonchev–Trinajstić information content (AvgIpc) is 2.48. The number of nitrogens with one attached hydrogen (secondary N) is 1. The zero-order valence-corrected chi connectivity index (χ0v) is 13.5. The van der Waals surface area contributed by atoms with E-state index in [1.54, 1.807) is 0 Å². The standard InChI is InChI=1S/C17H21BrN2/c1-2-3-4-5-14-6-9-16(10-7-14)20-13-17-11-8-15(18)12-19-17/h6-12,20H,2-5,13H2,1H3. The van der Waals surface area contributed by atoms with Crippen LogP contribution in [-0.4, -0.2) is 4.98 Å². The highest BCUT2D eigenvalue weighted by Crippen LogP contribution is 2.14. The molecule has 0 unspecified atom stereocenters. The van der Waals surface area contributed by atoms with E-state index in [2.05, 4.69) is 57.4 Å². The first-order chi connectivity index (χ1) is 9.78. The van der Waals surface area contributed by atoms with Gasteiger partial charge in [0.1, 0.15) is 0 Å². The number of rotatable bonds is 7. The highest BCUT2D eigenvalue weighted by atomic mass is 79.9. The lowest BCUT2D eigenvalue weighted by Crippen LogP contribution is -2.01. The molecule has 0 aliphatic carbocycles. The SMILES string of the molecule is CCCCCc1ccc(NCc2ccc(Br)cn2)cc1. The molecule has 2 rings (SSSR count). The molecule has 0 aliphatic rings. The van der Waals surface area contributed by atoms with E-state index in [9.17, 15) is 0 Å². The summed E-state index contributed by atoms with van der Waals surface area (Å²) in [5.41, 5.74) is 3.61. The summed E-state index contributed by atoms with van der Waals surface area (Å²) in [7, 11) is 0. The van der Waals surface area contributed by atoms with Crippen LogP contribution in [0.2, 0.25) is 0 Å². The van der Waals surface area contributed by atoms with E-state index in [-0.39, 0.29) is 0 Å². The summed E-state index contributed by atoms with van der Waals surface area (Å²) in [4.78, 5) is 4.35. The number of pyridine rings is 1. The van der Waals surface area contributed by atoms with E-state index in [0.717, 1.165) is 22.4 Å². The third-order valence-corrected chi connectivity index (χ3v) is 3.75. The van der Waals surface area contributed by atoms with Crippen LogP contribution in [0.3, 0.4) is 0 Å². The second kappa shape index (κ2) is 8.05. The van der Waals surface area contributed by atoms with Crippen LogP contribution in [0.25, 0.3) is 0 Å². The van der Waals surface area contributed by atoms with Gasteiger partial charge in [-0.15, -0.1) is 0 Å². The molecule has 0 bridgehead atoms. The Morgan fingerprint density at radius 3 is 2.50 bits per heavy atom. The normalized spacial score (nSPS) is 10.5. The van der Waals surface area contributed by atoms with Gasteiger partial charge in [0.15, 0.2) is 0 Å². The predicted octanol–water partition coefficient (Wildman–Crippen LogP) is 5.19. The molecule has 0 radical (unpaired) electrons. The summed E-state index contributed by atoms with van der Waals surface area (Å²) in [6, 6.07) is 12.8. The van der Waals surface area contributed by atoms with Gasteiger partial charge in [-0.2, -0.15) is 0 Å². The Kier molecular flexibility index (Phi) is 6.06. The van der Waals surface area contributed by atoms with Crippen molar-refractivity contribution in [2.75, 3.05) is 5.32 Å². The fourth-order valence-corrected chi connectivity index (χ4v) is 2.31. The molecule has 0 amide bonds. The summed E-state index contributed by atoms with van der Waals surface area (Å²) in [6.45, 7) is 2.99. The molecule has 106 valence electrons. The van der Waals surface area contributed by atoms with Gasteiger partial charge >= 0.3 is 0 Å². The van der Waals surface area contributed by atoms with E-state index in [4.69, 9.17) is 0 Å². The van der Waals surface area contributed by atoms with Gasteiger partial charge in [0.05, 0.1) is 12.2 Å². The molecule has 0 fully saturated rings. The third kappa shape index (κ3) is 4.97. The average molecular weight is 333 g/mol. The number of aromatic nitrogens is 1. The molecular formula is C17H21BrN2. The number of halogens is 1. The molecule has 1 N–H and O–H groups in total. The van der Waals surface area contributed by atoms with Gasteiger partial charge in [-0.3, -0.25) is 4.98 Å². The molecule has 1 aromatic carbocycles. The summed E-state index contributed by atoms with van der Waals surface area (Å²) in [5.74, 6) is 0. The molecule has 0 saturated carbocycles. The molecule has 20 heavy (non-hydrogen) atoms. The number of unbranched alkanes of at least 4 members (excludes halogenated alkanes) is 2. The van der Waals surface area contributed by atoms with E-state index in [0.29, 0.717) is 0 Å². The number of benzene rings is 1. The fraction of sp³-hybridized carbons (Fsp3) is 0.353. The molecule has 1 heterocycles. The van der Waals surface area contributed by atoms with Gasteiger partial charge in [-0.1, -0.05) is 31.9 Å². The van der Waals surface area contributed by atoms with Crippen LogP contribution in [0.5, 0.6) is 0 Å². The van der Waals surface area contributed by atoms with Gasteiger partial charge in [0.2, 0.25) is 0 Å². The Labute approximate surface area is 129 Å². The molecular weight excluding hydrogens is 312 g/mol. The Hall–Kier alpha value is -1.35. The molecule has 0 saturated heterocycles. The summed E-state index contributed by atoms with van der Waals surface area (Å²) < 4.78 is 1.01. The first kappa shape index (κ1) is 15.0. The van der Waals surface area contributed by atoms with Crippen LogP contribution in [0, 0.1) is 0 Å². The van der Waals surface area contributed by atoms with Crippen LogP contribution >= 0.6 is 15.9 Å². The Balaban J connectivity index is 1.82. The molecule has 0 aliphatic heterocycles. The van der Waals surface area contributed by atoms with E-state index >= 15 is 0 Å². The van der Waals surface area contributed by atoms with Crippen molar-refractivity contribution in [3.8, 4) is 0 Å². The molecule has 0 atom stereocenters. The second-order valence-corrected chi connectivity index (χ2v) is 5.89. The lowest BCUT2D eigenvalue weighted by molar-refractivity contribution is 0.717. The Morgan fingerprint density at radius 2 is 1.85 bits per heavy atom. The van der Waals surface area contributed by atoms with E-state index in [1.807, 2.05) is 18.3 Å². The van der Waals surface area contributed by atoms with Crippen molar-refractivity contribution >= 4 is 21.6 Å². The smallest absolute Gasteiger partial charge is 0.0595 e. The zero-order valence-electron chi connectivity index (χ0n) is 11.9. The number of nitrogens with zero attached hydrogens (tertiary/aromatic N) is 1. The highest BCUT2D eigenvalue weighted by molar-refractivity contribution is 9.10. The van der Waals surface area contributed by atoms with Gasteiger partial charge in [0, 0.05) is 16.4 Å². The highest BCUT2D eigenvalue weighted by Gasteiger charge is 1.97. The Bertz CT molecular complexity index is 506. The maximum absolute atomic E-state index is 4.35. The van der Waals surface area contributed by atoms with Crippen molar-refractivity contribution in [2.45, 2.75) is 39.2 Å². The van der Waals surface area contributed by atoms with Crippen molar-refractivity contribution in [3.05, 3.63) is 58.3 Å².